The first kappa shape index (κ1) is 15.0. The number of aliphatic hydroxyl groups excluding tert-OH is 2. The predicted octanol–water partition coefficient (Wildman–Crippen LogP) is -0.380. The van der Waals surface area contributed by atoms with Gasteiger partial charge in [0.15, 0.2) is 29.4 Å². The van der Waals surface area contributed by atoms with Crippen LogP contribution in [-0.2, 0) is 4.74 Å². The summed E-state index contributed by atoms with van der Waals surface area (Å²) in [6, 6.07) is 0. The Labute approximate surface area is 124 Å². The molecule has 1 saturated heterocycles. The normalized spacial score (nSPS) is 28.5. The summed E-state index contributed by atoms with van der Waals surface area (Å²) in [5.74, 6) is 0.244. The minimum absolute atomic E-state index is 0.0506. The zero-order valence-corrected chi connectivity index (χ0v) is 11.9. The number of alkyl halides is 1. The van der Waals surface area contributed by atoms with Crippen LogP contribution in [0.4, 0.5) is 14.6 Å². The fraction of sp³-hybridized carbons (Fsp3) is 0.583. The quantitative estimate of drug-likeness (QED) is 0.745. The fourth-order valence-corrected chi connectivity index (χ4v) is 2.45. The van der Waals surface area contributed by atoms with Gasteiger partial charge in [0, 0.05) is 14.1 Å². The van der Waals surface area contributed by atoms with Crippen molar-refractivity contribution >= 4 is 17.0 Å². The van der Waals surface area contributed by atoms with Crippen molar-refractivity contribution in [3.8, 4) is 0 Å². The molecule has 2 N–H and O–H groups in total. The lowest BCUT2D eigenvalue weighted by molar-refractivity contribution is -0.0459. The summed E-state index contributed by atoms with van der Waals surface area (Å²) in [4.78, 5) is 12.9. The molecule has 1 fully saturated rings. The molecule has 2 aromatic rings. The highest BCUT2D eigenvalue weighted by atomic mass is 19.1. The molecule has 0 spiro atoms. The van der Waals surface area contributed by atoms with E-state index in [4.69, 9.17) is 9.84 Å². The first-order chi connectivity index (χ1) is 10.4. The molecule has 0 bridgehead atoms. The van der Waals surface area contributed by atoms with E-state index in [1.165, 1.54) is 10.9 Å². The SMILES string of the molecule is CN(C)c1nc(F)nc2c1ncn2[C@@H]1O[C@H](CO)[C@@H](O)[C@@H]1F. The first-order valence-electron chi connectivity index (χ1n) is 6.60. The number of anilines is 1. The molecule has 22 heavy (non-hydrogen) atoms. The molecule has 8 nitrogen and oxygen atoms in total. The number of rotatable bonds is 3. The third-order valence-electron chi connectivity index (χ3n) is 3.55. The van der Waals surface area contributed by atoms with Gasteiger partial charge in [0.05, 0.1) is 12.9 Å². The number of ether oxygens (including phenoxy) is 1. The average molecular weight is 315 g/mol. The van der Waals surface area contributed by atoms with Gasteiger partial charge in [0.2, 0.25) is 0 Å². The maximum atomic E-state index is 14.2. The summed E-state index contributed by atoms with van der Waals surface area (Å²) < 4.78 is 34.3. The molecule has 0 saturated carbocycles. The number of aromatic nitrogens is 4. The van der Waals surface area contributed by atoms with Crippen LogP contribution < -0.4 is 4.90 Å². The van der Waals surface area contributed by atoms with E-state index >= 15 is 0 Å². The standard InChI is InChI=1S/C12H15F2N5O3/c1-18(2)9-7-10(17-12(14)16-9)19(4-15-7)11-6(13)8(21)5(3-20)22-11/h4-6,8,11,20-21H,3H2,1-2H3/t5-,6+,8-,11-/m1/s1. The number of halogens is 2. The Morgan fingerprint density at radius 3 is 2.73 bits per heavy atom. The molecule has 3 rings (SSSR count). The second-order valence-corrected chi connectivity index (χ2v) is 5.22. The highest BCUT2D eigenvalue weighted by Gasteiger charge is 2.45. The Balaban J connectivity index is 2.09. The third-order valence-corrected chi connectivity index (χ3v) is 3.55. The van der Waals surface area contributed by atoms with Crippen LogP contribution >= 0.6 is 0 Å². The van der Waals surface area contributed by atoms with Crippen molar-refractivity contribution in [1.82, 2.24) is 19.5 Å². The Bertz CT molecular complexity index is 695. The largest absolute Gasteiger partial charge is 0.394 e. The third kappa shape index (κ3) is 2.19. The van der Waals surface area contributed by atoms with Crippen LogP contribution in [-0.4, -0.2) is 68.8 Å². The molecule has 0 amide bonds. The molecule has 1 aliphatic rings. The van der Waals surface area contributed by atoms with Gasteiger partial charge >= 0.3 is 6.08 Å². The van der Waals surface area contributed by atoms with Crippen LogP contribution in [0.5, 0.6) is 0 Å². The summed E-state index contributed by atoms with van der Waals surface area (Å²) in [5, 5.41) is 18.8. The van der Waals surface area contributed by atoms with Crippen LogP contribution in [0.2, 0.25) is 0 Å². The van der Waals surface area contributed by atoms with E-state index in [1.54, 1.807) is 19.0 Å². The van der Waals surface area contributed by atoms with Gasteiger partial charge in [-0.05, 0) is 0 Å². The summed E-state index contributed by atoms with van der Waals surface area (Å²) in [6.07, 6.45) is -5.32. The van der Waals surface area contributed by atoms with E-state index < -0.39 is 37.3 Å². The van der Waals surface area contributed by atoms with Crippen molar-refractivity contribution < 1.29 is 23.7 Å². The van der Waals surface area contributed by atoms with Gasteiger partial charge in [-0.15, -0.1) is 0 Å². The molecule has 10 heteroatoms. The van der Waals surface area contributed by atoms with Gasteiger partial charge in [-0.25, -0.2) is 9.37 Å². The van der Waals surface area contributed by atoms with Crippen molar-refractivity contribution in [3.05, 3.63) is 12.4 Å². The highest BCUT2D eigenvalue weighted by molar-refractivity contribution is 5.83. The predicted molar refractivity (Wildman–Crippen MR) is 71.5 cm³/mol. The van der Waals surface area contributed by atoms with Crippen molar-refractivity contribution in [2.75, 3.05) is 25.6 Å². The summed E-state index contributed by atoms with van der Waals surface area (Å²) in [5.41, 5.74) is 0.332. The second-order valence-electron chi connectivity index (χ2n) is 5.22. The zero-order chi connectivity index (χ0) is 16.0. The second kappa shape index (κ2) is 5.38. The molecule has 0 aliphatic carbocycles. The van der Waals surface area contributed by atoms with Gasteiger partial charge in [-0.1, -0.05) is 0 Å². The van der Waals surface area contributed by atoms with Gasteiger partial charge in [0.25, 0.3) is 0 Å². The number of imidazole rings is 1. The molecule has 0 unspecified atom stereocenters. The highest BCUT2D eigenvalue weighted by Crippen LogP contribution is 2.34. The van der Waals surface area contributed by atoms with Gasteiger partial charge in [-0.3, -0.25) is 4.57 Å². The molecular weight excluding hydrogens is 300 g/mol. The smallest absolute Gasteiger partial charge is 0.312 e. The number of fused-ring (bicyclic) bond motifs is 1. The van der Waals surface area contributed by atoms with Crippen molar-refractivity contribution in [2.45, 2.75) is 24.6 Å². The minimum Gasteiger partial charge on any atom is -0.394 e. The molecule has 2 aromatic heterocycles. The summed E-state index contributed by atoms with van der Waals surface area (Å²) in [6.45, 7) is -0.531. The van der Waals surface area contributed by atoms with E-state index in [0.29, 0.717) is 0 Å². The number of aliphatic hydroxyl groups is 2. The van der Waals surface area contributed by atoms with E-state index in [2.05, 4.69) is 15.0 Å². The lowest BCUT2D eigenvalue weighted by atomic mass is 10.1. The van der Waals surface area contributed by atoms with Gasteiger partial charge in [0.1, 0.15) is 12.2 Å². The van der Waals surface area contributed by atoms with E-state index in [1.807, 2.05) is 0 Å². The van der Waals surface area contributed by atoms with E-state index in [-0.39, 0.29) is 17.0 Å². The lowest BCUT2D eigenvalue weighted by Gasteiger charge is -2.16. The molecule has 4 atom stereocenters. The maximum absolute atomic E-state index is 14.2. The molecule has 0 radical (unpaired) electrons. The molecule has 120 valence electrons. The monoisotopic (exact) mass is 315 g/mol. The van der Waals surface area contributed by atoms with Gasteiger partial charge < -0.3 is 19.8 Å². The van der Waals surface area contributed by atoms with E-state index in [9.17, 15) is 13.9 Å². The van der Waals surface area contributed by atoms with E-state index in [0.717, 1.165) is 0 Å². The summed E-state index contributed by atoms with van der Waals surface area (Å²) in [7, 11) is 3.33. The summed E-state index contributed by atoms with van der Waals surface area (Å²) >= 11 is 0. The first-order valence-corrected chi connectivity index (χ1v) is 6.60. The van der Waals surface area contributed by atoms with Crippen molar-refractivity contribution in [2.24, 2.45) is 0 Å². The average Bonchev–Trinajstić information content (AvgIpc) is 3.00. The lowest BCUT2D eigenvalue weighted by Crippen LogP contribution is -2.30. The van der Waals surface area contributed by atoms with Crippen LogP contribution in [0.25, 0.3) is 11.2 Å². The minimum atomic E-state index is -1.80. The molecule has 1 aliphatic heterocycles. The topological polar surface area (TPSA) is 96.5 Å². The van der Waals surface area contributed by atoms with Gasteiger partial charge in [-0.2, -0.15) is 14.4 Å². The van der Waals surface area contributed by atoms with Crippen LogP contribution in [0.3, 0.4) is 0 Å². The maximum Gasteiger partial charge on any atom is 0.312 e. The molecular formula is C12H15F2N5O3. The van der Waals surface area contributed by atoms with Crippen LogP contribution in [0.15, 0.2) is 6.33 Å². The molecule has 3 heterocycles. The number of nitrogens with zero attached hydrogens (tertiary/aromatic N) is 5. The molecule has 0 aromatic carbocycles. The Kier molecular flexibility index (Phi) is 3.67. The Hall–Kier alpha value is -1.91. The fourth-order valence-electron chi connectivity index (χ4n) is 2.45. The Morgan fingerprint density at radius 2 is 2.14 bits per heavy atom. The number of hydrogen-bond donors (Lipinski definition) is 2. The van der Waals surface area contributed by atoms with Crippen LogP contribution in [0.1, 0.15) is 6.23 Å². The Morgan fingerprint density at radius 1 is 1.41 bits per heavy atom. The van der Waals surface area contributed by atoms with Crippen LogP contribution in [0, 0.1) is 6.08 Å². The number of hydrogen-bond acceptors (Lipinski definition) is 7. The zero-order valence-electron chi connectivity index (χ0n) is 11.9. The van der Waals surface area contributed by atoms with Crippen molar-refractivity contribution in [1.29, 1.82) is 0 Å². The van der Waals surface area contributed by atoms with Crippen molar-refractivity contribution in [3.63, 3.8) is 0 Å².